The van der Waals surface area contributed by atoms with Gasteiger partial charge in [0, 0.05) is 11.5 Å². The lowest BCUT2D eigenvalue weighted by molar-refractivity contribution is -0.129. The summed E-state index contributed by atoms with van der Waals surface area (Å²) in [7, 11) is 1.62. The maximum absolute atomic E-state index is 12.1. The van der Waals surface area contributed by atoms with Crippen molar-refractivity contribution in [1.82, 2.24) is 10.6 Å². The highest BCUT2D eigenvalue weighted by atomic mass is 16.5. The first-order valence-electron chi connectivity index (χ1n) is 8.73. The smallest absolute Gasteiger partial charge is 0.239 e. The molecule has 1 aromatic rings. The van der Waals surface area contributed by atoms with Crippen LogP contribution in [0.1, 0.15) is 56.2 Å². The molecule has 132 valence electrons. The molecule has 0 radical (unpaired) electrons. The number of hydrogen-bond acceptors (Lipinski definition) is 3. The van der Waals surface area contributed by atoms with Crippen molar-refractivity contribution < 1.29 is 14.3 Å². The maximum Gasteiger partial charge on any atom is 0.239 e. The predicted octanol–water partition coefficient (Wildman–Crippen LogP) is 2.88. The van der Waals surface area contributed by atoms with Crippen LogP contribution in [0.25, 0.3) is 0 Å². The topological polar surface area (TPSA) is 67.4 Å². The average molecular weight is 332 g/mol. The van der Waals surface area contributed by atoms with Gasteiger partial charge >= 0.3 is 0 Å². The van der Waals surface area contributed by atoms with Crippen molar-refractivity contribution in [2.75, 3.05) is 13.7 Å². The fraction of sp³-hybridized carbons (Fsp3) is 0.579. The minimum atomic E-state index is -0.185. The van der Waals surface area contributed by atoms with Crippen molar-refractivity contribution >= 4 is 11.8 Å². The van der Waals surface area contributed by atoms with E-state index < -0.39 is 0 Å². The Bertz CT molecular complexity index is 580. The van der Waals surface area contributed by atoms with Gasteiger partial charge in [0.25, 0.3) is 0 Å². The normalized spacial score (nSPS) is 16.3. The summed E-state index contributed by atoms with van der Waals surface area (Å²) in [4.78, 5) is 24.2. The summed E-state index contributed by atoms with van der Waals surface area (Å²) in [6, 6.07) is 5.70. The zero-order valence-electron chi connectivity index (χ0n) is 14.9. The van der Waals surface area contributed by atoms with Crippen molar-refractivity contribution in [1.29, 1.82) is 0 Å². The Morgan fingerprint density at radius 1 is 1.25 bits per heavy atom. The highest BCUT2D eigenvalue weighted by Crippen LogP contribution is 2.26. The molecule has 1 aromatic carbocycles. The molecular weight excluding hydrogens is 304 g/mol. The molecule has 1 atom stereocenters. The van der Waals surface area contributed by atoms with Crippen LogP contribution in [0, 0.1) is 12.8 Å². The fourth-order valence-corrected chi connectivity index (χ4v) is 3.24. The van der Waals surface area contributed by atoms with Crippen LogP contribution in [0.2, 0.25) is 0 Å². The number of nitrogens with one attached hydrogen (secondary N) is 2. The molecule has 0 saturated heterocycles. The Morgan fingerprint density at radius 2 is 1.96 bits per heavy atom. The second kappa shape index (κ2) is 8.71. The van der Waals surface area contributed by atoms with Gasteiger partial charge in [-0.15, -0.1) is 0 Å². The number of benzene rings is 1. The van der Waals surface area contributed by atoms with E-state index in [1.807, 2.05) is 32.0 Å². The summed E-state index contributed by atoms with van der Waals surface area (Å²) in [5.74, 6) is 0.640. The van der Waals surface area contributed by atoms with Gasteiger partial charge in [-0.05, 0) is 32.8 Å². The van der Waals surface area contributed by atoms with Crippen molar-refractivity contribution in [3.63, 3.8) is 0 Å². The first kappa shape index (κ1) is 18.3. The molecule has 0 bridgehead atoms. The molecule has 5 nitrogen and oxygen atoms in total. The lowest BCUT2D eigenvalue weighted by Crippen LogP contribution is -2.40. The van der Waals surface area contributed by atoms with Crippen LogP contribution in [-0.2, 0) is 9.59 Å². The van der Waals surface area contributed by atoms with Crippen LogP contribution in [0.3, 0.4) is 0 Å². The number of hydrogen-bond donors (Lipinski definition) is 2. The summed E-state index contributed by atoms with van der Waals surface area (Å²) < 4.78 is 5.36. The number of carbonyl (C=O) groups is 2. The van der Waals surface area contributed by atoms with Crippen molar-refractivity contribution in [3.05, 3.63) is 29.3 Å². The molecular formula is C19H28N2O3. The lowest BCUT2D eigenvalue weighted by Gasteiger charge is -2.21. The third-order valence-electron chi connectivity index (χ3n) is 4.63. The fourth-order valence-electron chi connectivity index (χ4n) is 3.24. The van der Waals surface area contributed by atoms with Crippen molar-refractivity contribution in [2.24, 2.45) is 5.92 Å². The molecule has 2 N–H and O–H groups in total. The van der Waals surface area contributed by atoms with Gasteiger partial charge in [-0.2, -0.15) is 0 Å². The summed E-state index contributed by atoms with van der Waals surface area (Å²) in [6.45, 7) is 3.94. The minimum Gasteiger partial charge on any atom is -0.496 e. The summed E-state index contributed by atoms with van der Waals surface area (Å²) in [5, 5.41) is 5.69. The quantitative estimate of drug-likeness (QED) is 0.842. The van der Waals surface area contributed by atoms with E-state index in [-0.39, 0.29) is 30.3 Å². The molecule has 24 heavy (non-hydrogen) atoms. The molecule has 2 amide bonds. The Hall–Kier alpha value is -2.04. The van der Waals surface area contributed by atoms with E-state index in [2.05, 4.69) is 10.6 Å². The van der Waals surface area contributed by atoms with E-state index in [1.54, 1.807) is 7.11 Å². The summed E-state index contributed by atoms with van der Waals surface area (Å²) in [5.41, 5.74) is 2.04. The Morgan fingerprint density at radius 3 is 2.62 bits per heavy atom. The van der Waals surface area contributed by atoms with E-state index in [1.165, 1.54) is 6.42 Å². The maximum atomic E-state index is 12.1. The molecule has 5 heteroatoms. The van der Waals surface area contributed by atoms with E-state index in [9.17, 15) is 9.59 Å². The number of carbonyl (C=O) groups excluding carboxylic acids is 2. The minimum absolute atomic E-state index is 0.00522. The zero-order valence-corrected chi connectivity index (χ0v) is 14.9. The zero-order chi connectivity index (χ0) is 17.5. The van der Waals surface area contributed by atoms with Gasteiger partial charge in [-0.1, -0.05) is 37.0 Å². The molecule has 0 aromatic heterocycles. The largest absolute Gasteiger partial charge is 0.496 e. The van der Waals surface area contributed by atoms with Crippen molar-refractivity contribution in [3.8, 4) is 5.75 Å². The van der Waals surface area contributed by atoms with E-state index in [0.717, 1.165) is 42.6 Å². The van der Waals surface area contributed by atoms with E-state index in [0.29, 0.717) is 0 Å². The SMILES string of the molecule is COc1ccc(C)cc1[C@H](C)NC(=O)CNC(=O)C1CCCCC1. The second-order valence-electron chi connectivity index (χ2n) is 6.59. The predicted molar refractivity (Wildman–Crippen MR) is 93.9 cm³/mol. The molecule has 1 fully saturated rings. The van der Waals surface area contributed by atoms with Crippen LogP contribution < -0.4 is 15.4 Å². The summed E-state index contributed by atoms with van der Waals surface area (Å²) >= 11 is 0. The highest BCUT2D eigenvalue weighted by molar-refractivity contribution is 5.86. The molecule has 0 spiro atoms. The standard InChI is InChI=1S/C19H28N2O3/c1-13-9-10-17(24-3)16(11-13)14(2)21-18(22)12-20-19(23)15-7-5-4-6-8-15/h9-11,14-15H,4-8,12H2,1-3H3,(H,20,23)(H,21,22)/t14-/m0/s1. The van der Waals surface area contributed by atoms with Gasteiger partial charge in [0.15, 0.2) is 0 Å². The number of methoxy groups -OCH3 is 1. The number of rotatable bonds is 6. The monoisotopic (exact) mass is 332 g/mol. The summed E-state index contributed by atoms with van der Waals surface area (Å²) in [6.07, 6.45) is 5.29. The molecule has 0 aliphatic heterocycles. The Kier molecular flexibility index (Phi) is 6.64. The van der Waals surface area contributed by atoms with E-state index >= 15 is 0 Å². The van der Waals surface area contributed by atoms with Crippen LogP contribution in [0.5, 0.6) is 5.75 Å². The lowest BCUT2D eigenvalue weighted by atomic mass is 9.89. The number of aryl methyl sites for hydroxylation is 1. The first-order chi connectivity index (χ1) is 11.5. The van der Waals surface area contributed by atoms with Gasteiger partial charge in [0.1, 0.15) is 5.75 Å². The van der Waals surface area contributed by atoms with E-state index in [4.69, 9.17) is 4.74 Å². The van der Waals surface area contributed by atoms with Gasteiger partial charge in [0.05, 0.1) is 19.7 Å². The van der Waals surface area contributed by atoms with Gasteiger partial charge in [0.2, 0.25) is 11.8 Å². The Balaban J connectivity index is 1.85. The van der Waals surface area contributed by atoms with Gasteiger partial charge < -0.3 is 15.4 Å². The second-order valence-corrected chi connectivity index (χ2v) is 6.59. The van der Waals surface area contributed by atoms with Gasteiger partial charge in [-0.3, -0.25) is 9.59 Å². The Labute approximate surface area is 144 Å². The molecule has 1 aliphatic rings. The molecule has 1 aliphatic carbocycles. The first-order valence-corrected chi connectivity index (χ1v) is 8.73. The highest BCUT2D eigenvalue weighted by Gasteiger charge is 2.21. The van der Waals surface area contributed by atoms with Crippen LogP contribution in [0.15, 0.2) is 18.2 Å². The number of amides is 2. The van der Waals surface area contributed by atoms with Crippen molar-refractivity contribution in [2.45, 2.75) is 52.0 Å². The average Bonchev–Trinajstić information content (AvgIpc) is 2.60. The molecule has 0 unspecified atom stereocenters. The van der Waals surface area contributed by atoms with Gasteiger partial charge in [-0.25, -0.2) is 0 Å². The van der Waals surface area contributed by atoms with Crippen LogP contribution in [-0.4, -0.2) is 25.5 Å². The molecule has 2 rings (SSSR count). The third kappa shape index (κ3) is 4.98. The van der Waals surface area contributed by atoms with Crippen LogP contribution >= 0.6 is 0 Å². The molecule has 1 saturated carbocycles. The third-order valence-corrected chi connectivity index (χ3v) is 4.63. The molecule has 0 heterocycles. The van der Waals surface area contributed by atoms with Crippen LogP contribution in [0.4, 0.5) is 0 Å². The number of ether oxygens (including phenoxy) is 1.